The summed E-state index contributed by atoms with van der Waals surface area (Å²) in [5.74, 6) is -2.07. The zero-order chi connectivity index (χ0) is 50.6. The van der Waals surface area contributed by atoms with Gasteiger partial charge in [-0.3, -0.25) is 0 Å². The third kappa shape index (κ3) is 12.2. The molecule has 74 heavy (non-hydrogen) atoms. The van der Waals surface area contributed by atoms with Crippen molar-refractivity contribution in [1.82, 2.24) is 5.32 Å². The quantitative estimate of drug-likeness (QED) is 0.0639. The van der Waals surface area contributed by atoms with Gasteiger partial charge in [-0.2, -0.15) is 0 Å². The number of amides is 1. The Labute approximate surface area is 427 Å². The molecule has 15 heteroatoms. The first kappa shape index (κ1) is 49.8. The van der Waals surface area contributed by atoms with E-state index in [-0.39, 0.29) is 43.1 Å². The largest absolute Gasteiger partial charge is 0.459 e. The summed E-state index contributed by atoms with van der Waals surface area (Å²) in [5.41, 5.74) is 3.06. The summed E-state index contributed by atoms with van der Waals surface area (Å²) in [6.45, 7) is -0.517. The summed E-state index contributed by atoms with van der Waals surface area (Å²) >= 11 is 0. The van der Waals surface area contributed by atoms with Crippen molar-refractivity contribution in [3.05, 3.63) is 228 Å². The lowest BCUT2D eigenvalue weighted by Gasteiger charge is -2.48. The van der Waals surface area contributed by atoms with Crippen LogP contribution in [-0.4, -0.2) is 98.6 Å². The number of hydrogen-bond donors (Lipinski definition) is 1. The highest BCUT2D eigenvalue weighted by atomic mass is 16.8. The normalized spacial score (nSPS) is 24.1. The van der Waals surface area contributed by atoms with Crippen LogP contribution in [0.25, 0.3) is 10.8 Å². The number of hydrogen-bond acceptors (Lipinski definition) is 14. The topological polar surface area (TPSA) is 173 Å². The van der Waals surface area contributed by atoms with Gasteiger partial charge in [-0.05, 0) is 69.9 Å². The van der Waals surface area contributed by atoms with Crippen molar-refractivity contribution in [1.29, 1.82) is 0 Å². The Kier molecular flexibility index (Phi) is 16.1. The van der Waals surface area contributed by atoms with Crippen LogP contribution in [0.15, 0.2) is 194 Å². The molecule has 0 radical (unpaired) electrons. The van der Waals surface area contributed by atoms with Gasteiger partial charge >= 0.3 is 24.0 Å². The predicted octanol–water partition coefficient (Wildman–Crippen LogP) is 8.78. The molecule has 0 aromatic heterocycles. The van der Waals surface area contributed by atoms with Crippen LogP contribution in [0.5, 0.6) is 0 Å². The molecular formula is C59H53NO14. The molecule has 3 heterocycles. The highest BCUT2D eigenvalue weighted by molar-refractivity contribution is 5.90. The highest BCUT2D eigenvalue weighted by Gasteiger charge is 2.58. The van der Waals surface area contributed by atoms with Gasteiger partial charge in [0.25, 0.3) is 0 Å². The van der Waals surface area contributed by atoms with Crippen molar-refractivity contribution in [2.45, 2.75) is 81.2 Å². The van der Waals surface area contributed by atoms with E-state index in [1.165, 1.54) is 0 Å². The van der Waals surface area contributed by atoms with Gasteiger partial charge in [0, 0.05) is 0 Å². The molecule has 0 saturated carbocycles. The Morgan fingerprint density at radius 1 is 0.473 bits per heavy atom. The van der Waals surface area contributed by atoms with Crippen LogP contribution in [0, 0.1) is 0 Å². The van der Waals surface area contributed by atoms with Crippen LogP contribution in [0.3, 0.4) is 0 Å². The van der Waals surface area contributed by atoms with E-state index in [2.05, 4.69) is 5.32 Å². The number of esters is 3. The Bertz CT molecular complexity index is 2970. The van der Waals surface area contributed by atoms with E-state index < -0.39 is 92.0 Å². The second kappa shape index (κ2) is 23.9. The fraction of sp³-hybridized carbons (Fsp3) is 0.254. The fourth-order valence-corrected chi connectivity index (χ4v) is 9.16. The minimum Gasteiger partial charge on any atom is -0.459 e. The van der Waals surface area contributed by atoms with Gasteiger partial charge in [-0.25, -0.2) is 19.2 Å². The zero-order valence-electron chi connectivity index (χ0n) is 40.0. The van der Waals surface area contributed by atoms with Gasteiger partial charge in [0.1, 0.15) is 49.8 Å². The minimum absolute atomic E-state index is 0.00805. The van der Waals surface area contributed by atoms with Crippen LogP contribution < -0.4 is 5.32 Å². The molecule has 10 atom stereocenters. The van der Waals surface area contributed by atoms with Crippen molar-refractivity contribution < 1.29 is 66.5 Å². The molecule has 3 aliphatic heterocycles. The standard InChI is InChI=1S/C59H53NO14/c61-54(42-23-10-3-11-24-42)67-36-46-49(65-35-40-30-31-41-22-16-17-29-45(41)32-40)51(72-55(62)43-25-12-4-13-26-43)48(60-59(64)69-34-39-20-8-2-9-21-39)57(70-46)74-50-47-37-68-58(71-47)53(73-56(63)44-27-14-5-15-28-44)52(50)66-33-38-18-6-1-7-19-38/h1-32,46-53,57-58H,33-37H2,(H,60,64)/t46-,47+,48-,49-,50-,51-,52+,53-,57-,58+/m1/s1. The maximum absolute atomic E-state index is 14.4. The molecule has 15 nitrogen and oxygen atoms in total. The van der Waals surface area contributed by atoms with Gasteiger partial charge in [0.05, 0.1) is 36.5 Å². The van der Waals surface area contributed by atoms with E-state index in [1.807, 2.05) is 103 Å². The molecule has 0 aliphatic carbocycles. The van der Waals surface area contributed by atoms with Crippen molar-refractivity contribution in [3.63, 3.8) is 0 Å². The Morgan fingerprint density at radius 3 is 1.64 bits per heavy atom. The zero-order valence-corrected chi connectivity index (χ0v) is 40.0. The van der Waals surface area contributed by atoms with Gasteiger partial charge in [-0.15, -0.1) is 0 Å². The molecule has 378 valence electrons. The number of alkyl carbamates (subject to hydrolysis) is 1. The summed E-state index contributed by atoms with van der Waals surface area (Å²) in [5, 5.41) is 4.89. The molecule has 2 bridgehead atoms. The van der Waals surface area contributed by atoms with Crippen LogP contribution in [0.1, 0.15) is 47.8 Å². The molecule has 0 unspecified atom stereocenters. The number of carbonyl (C=O) groups excluding carboxylic acids is 4. The molecule has 1 N–H and O–H groups in total. The molecule has 3 fully saturated rings. The molecule has 7 aromatic carbocycles. The lowest BCUT2D eigenvalue weighted by atomic mass is 9.95. The van der Waals surface area contributed by atoms with Crippen molar-refractivity contribution in [2.75, 3.05) is 13.2 Å². The fourth-order valence-electron chi connectivity index (χ4n) is 9.16. The molecule has 3 aliphatic rings. The summed E-state index contributed by atoms with van der Waals surface area (Å²) in [4.78, 5) is 56.2. The molecular weight excluding hydrogens is 947 g/mol. The molecule has 0 spiro atoms. The van der Waals surface area contributed by atoms with E-state index in [4.69, 9.17) is 47.4 Å². The predicted molar refractivity (Wildman–Crippen MR) is 267 cm³/mol. The Hall–Kier alpha value is -7.76. The van der Waals surface area contributed by atoms with Gasteiger partial charge < -0.3 is 52.7 Å². The lowest BCUT2D eigenvalue weighted by molar-refractivity contribution is -0.324. The maximum atomic E-state index is 14.4. The summed E-state index contributed by atoms with van der Waals surface area (Å²) < 4.78 is 64.4. The molecule has 7 aromatic rings. The van der Waals surface area contributed by atoms with Crippen molar-refractivity contribution >= 4 is 34.8 Å². The Morgan fingerprint density at radius 2 is 1.00 bits per heavy atom. The van der Waals surface area contributed by atoms with E-state index >= 15 is 0 Å². The number of benzene rings is 7. The molecule has 10 rings (SSSR count). The second-order valence-corrected chi connectivity index (χ2v) is 17.9. The van der Waals surface area contributed by atoms with Crippen LogP contribution in [0.2, 0.25) is 0 Å². The summed E-state index contributed by atoms with van der Waals surface area (Å²) in [6, 6.07) is 56.1. The lowest BCUT2D eigenvalue weighted by Crippen LogP contribution is -2.68. The third-order valence-electron chi connectivity index (χ3n) is 12.9. The van der Waals surface area contributed by atoms with Crippen molar-refractivity contribution in [2.24, 2.45) is 0 Å². The van der Waals surface area contributed by atoms with E-state index in [0.29, 0.717) is 5.56 Å². The number of nitrogens with one attached hydrogen (secondary N) is 1. The van der Waals surface area contributed by atoms with Crippen LogP contribution >= 0.6 is 0 Å². The van der Waals surface area contributed by atoms with E-state index in [1.54, 1.807) is 91.0 Å². The average Bonchev–Trinajstić information content (AvgIpc) is 3.90. The first-order chi connectivity index (χ1) is 36.3. The van der Waals surface area contributed by atoms with Gasteiger partial charge in [-0.1, -0.05) is 152 Å². The Balaban J connectivity index is 1.04. The number of rotatable bonds is 18. The number of ether oxygens (including phenoxy) is 10. The maximum Gasteiger partial charge on any atom is 0.407 e. The van der Waals surface area contributed by atoms with Gasteiger partial charge in [0.15, 0.2) is 24.8 Å². The average molecular weight is 1000 g/mol. The van der Waals surface area contributed by atoms with E-state index in [9.17, 15) is 19.2 Å². The number of fused-ring (bicyclic) bond motifs is 3. The minimum atomic E-state index is -1.56. The third-order valence-corrected chi connectivity index (χ3v) is 12.9. The first-order valence-corrected chi connectivity index (χ1v) is 24.4. The SMILES string of the molecule is O=C(N[C@H]1[C@@H](O[C@H]2[C@H](OCc3ccccc3)[C@@H](OC(=O)c3ccccc3)[C@H]3OC[C@@H]2O3)O[C@H](COC(=O)c2ccccc2)[C@@H](OCc2ccc3ccccc3c2)[C@@H]1OC(=O)c1ccccc1)OCc1ccccc1. The summed E-state index contributed by atoms with van der Waals surface area (Å²) in [6.07, 6.45) is -11.7. The van der Waals surface area contributed by atoms with Crippen LogP contribution in [-0.2, 0) is 67.2 Å². The number of carbonyl (C=O) groups is 4. The smallest absolute Gasteiger partial charge is 0.407 e. The van der Waals surface area contributed by atoms with E-state index in [0.717, 1.165) is 21.9 Å². The van der Waals surface area contributed by atoms with Crippen LogP contribution in [0.4, 0.5) is 4.79 Å². The first-order valence-electron chi connectivity index (χ1n) is 24.4. The monoisotopic (exact) mass is 999 g/mol. The molecule has 3 saturated heterocycles. The molecule has 1 amide bonds. The summed E-state index contributed by atoms with van der Waals surface area (Å²) in [7, 11) is 0. The second-order valence-electron chi connectivity index (χ2n) is 17.9. The highest BCUT2D eigenvalue weighted by Crippen LogP contribution is 2.38. The van der Waals surface area contributed by atoms with Gasteiger partial charge in [0.2, 0.25) is 0 Å². The van der Waals surface area contributed by atoms with Crippen molar-refractivity contribution in [3.8, 4) is 0 Å².